The number of hydrogen-bond donors (Lipinski definition) is 1. The van der Waals surface area contributed by atoms with Crippen molar-refractivity contribution < 1.29 is 12.8 Å². The SMILES string of the molecule is CCc1nnc(NCCS(=O)(=O)N(C)C)o1. The molecule has 1 heterocycles. The minimum absolute atomic E-state index is 0.0101. The molecule has 7 nitrogen and oxygen atoms in total. The van der Waals surface area contributed by atoms with Gasteiger partial charge < -0.3 is 9.73 Å². The van der Waals surface area contributed by atoms with Crippen molar-refractivity contribution in [3.05, 3.63) is 5.89 Å². The number of nitrogens with one attached hydrogen (secondary N) is 1. The van der Waals surface area contributed by atoms with Crippen molar-refractivity contribution in [3.8, 4) is 0 Å². The molecule has 1 aromatic rings. The molecule has 0 fully saturated rings. The van der Waals surface area contributed by atoms with Gasteiger partial charge in [0, 0.05) is 27.1 Å². The van der Waals surface area contributed by atoms with Gasteiger partial charge in [-0.05, 0) is 0 Å². The molecule has 8 heteroatoms. The summed E-state index contributed by atoms with van der Waals surface area (Å²) >= 11 is 0. The number of sulfonamides is 1. The molecule has 0 radical (unpaired) electrons. The summed E-state index contributed by atoms with van der Waals surface area (Å²) in [4.78, 5) is 0. The van der Waals surface area contributed by atoms with Crippen LogP contribution in [0, 0.1) is 0 Å². The van der Waals surface area contributed by atoms with E-state index in [1.54, 1.807) is 0 Å². The second kappa shape index (κ2) is 5.26. The monoisotopic (exact) mass is 248 g/mol. The first-order valence-corrected chi connectivity index (χ1v) is 6.53. The van der Waals surface area contributed by atoms with Gasteiger partial charge in [0.25, 0.3) is 0 Å². The van der Waals surface area contributed by atoms with Crippen LogP contribution >= 0.6 is 0 Å². The molecule has 0 saturated carbocycles. The molecule has 0 spiro atoms. The van der Waals surface area contributed by atoms with Crippen molar-refractivity contribution >= 4 is 16.0 Å². The summed E-state index contributed by atoms with van der Waals surface area (Å²) in [5, 5.41) is 10.2. The van der Waals surface area contributed by atoms with Crippen molar-refractivity contribution in [3.63, 3.8) is 0 Å². The van der Waals surface area contributed by atoms with E-state index in [9.17, 15) is 8.42 Å². The van der Waals surface area contributed by atoms with Crippen LogP contribution in [0.4, 0.5) is 6.01 Å². The van der Waals surface area contributed by atoms with E-state index in [-0.39, 0.29) is 18.3 Å². The van der Waals surface area contributed by atoms with E-state index < -0.39 is 10.0 Å². The van der Waals surface area contributed by atoms with E-state index in [1.807, 2.05) is 6.92 Å². The summed E-state index contributed by atoms with van der Waals surface area (Å²) in [5.41, 5.74) is 0. The average Bonchev–Trinajstić information content (AvgIpc) is 2.65. The second-order valence-corrected chi connectivity index (χ2v) is 5.68. The third-order valence-corrected chi connectivity index (χ3v) is 3.79. The Kier molecular flexibility index (Phi) is 4.25. The number of aromatic nitrogens is 2. The summed E-state index contributed by atoms with van der Waals surface area (Å²) in [7, 11) is -0.192. The fraction of sp³-hybridized carbons (Fsp3) is 0.750. The fourth-order valence-corrected chi connectivity index (χ4v) is 1.66. The van der Waals surface area contributed by atoms with Crippen LogP contribution in [0.15, 0.2) is 4.42 Å². The van der Waals surface area contributed by atoms with Crippen LogP contribution < -0.4 is 5.32 Å². The van der Waals surface area contributed by atoms with Gasteiger partial charge >= 0.3 is 6.01 Å². The van der Waals surface area contributed by atoms with Crippen LogP contribution in [0.3, 0.4) is 0 Å². The Labute approximate surface area is 94.9 Å². The molecular weight excluding hydrogens is 232 g/mol. The third kappa shape index (κ3) is 3.46. The molecule has 1 aromatic heterocycles. The highest BCUT2D eigenvalue weighted by molar-refractivity contribution is 7.89. The molecule has 0 bridgehead atoms. The van der Waals surface area contributed by atoms with Gasteiger partial charge in [0.15, 0.2) is 0 Å². The summed E-state index contributed by atoms with van der Waals surface area (Å²) < 4.78 is 29.1. The first-order valence-electron chi connectivity index (χ1n) is 4.92. The van der Waals surface area contributed by atoms with Crippen molar-refractivity contribution in [1.82, 2.24) is 14.5 Å². The lowest BCUT2D eigenvalue weighted by molar-refractivity contribution is 0.510. The highest BCUT2D eigenvalue weighted by Gasteiger charge is 2.13. The summed E-state index contributed by atoms with van der Waals surface area (Å²) in [6, 6.07) is 0.255. The Morgan fingerprint density at radius 1 is 1.38 bits per heavy atom. The van der Waals surface area contributed by atoms with Gasteiger partial charge in [-0.15, -0.1) is 5.10 Å². The largest absolute Gasteiger partial charge is 0.408 e. The Hall–Kier alpha value is -1.15. The van der Waals surface area contributed by atoms with E-state index in [4.69, 9.17) is 4.42 Å². The molecule has 0 aromatic carbocycles. The van der Waals surface area contributed by atoms with Gasteiger partial charge in [0.1, 0.15) is 0 Å². The fourth-order valence-electron chi connectivity index (χ4n) is 0.937. The number of rotatable bonds is 6. The Bertz CT molecular complexity index is 426. The maximum Gasteiger partial charge on any atom is 0.315 e. The van der Waals surface area contributed by atoms with E-state index in [0.717, 1.165) is 0 Å². The Morgan fingerprint density at radius 2 is 2.06 bits per heavy atom. The zero-order valence-electron chi connectivity index (χ0n) is 9.60. The van der Waals surface area contributed by atoms with Gasteiger partial charge in [0.05, 0.1) is 5.75 Å². The zero-order chi connectivity index (χ0) is 12.2. The maximum atomic E-state index is 11.4. The molecule has 0 aliphatic rings. The topological polar surface area (TPSA) is 88.3 Å². The van der Waals surface area contributed by atoms with E-state index in [0.29, 0.717) is 12.3 Å². The van der Waals surface area contributed by atoms with Gasteiger partial charge in [-0.1, -0.05) is 12.0 Å². The number of aryl methyl sites for hydroxylation is 1. The number of hydrogen-bond acceptors (Lipinski definition) is 6. The van der Waals surface area contributed by atoms with Crippen LogP contribution in [0.1, 0.15) is 12.8 Å². The molecule has 16 heavy (non-hydrogen) atoms. The molecule has 0 saturated heterocycles. The molecule has 0 amide bonds. The van der Waals surface area contributed by atoms with Crippen molar-refractivity contribution in [2.45, 2.75) is 13.3 Å². The Balaban J connectivity index is 2.42. The second-order valence-electron chi connectivity index (χ2n) is 3.38. The van der Waals surface area contributed by atoms with E-state index in [1.165, 1.54) is 18.4 Å². The summed E-state index contributed by atoms with van der Waals surface area (Å²) in [6.07, 6.45) is 0.657. The van der Waals surface area contributed by atoms with Gasteiger partial charge in [-0.3, -0.25) is 0 Å². The first kappa shape index (κ1) is 12.9. The molecule has 0 atom stereocenters. The van der Waals surface area contributed by atoms with Gasteiger partial charge in [0.2, 0.25) is 15.9 Å². The first-order chi connectivity index (χ1) is 7.45. The van der Waals surface area contributed by atoms with Crippen LogP contribution in [0.25, 0.3) is 0 Å². The van der Waals surface area contributed by atoms with Crippen molar-refractivity contribution in [2.75, 3.05) is 31.7 Å². The predicted octanol–water partition coefficient (Wildman–Crippen LogP) is -0.0647. The Morgan fingerprint density at radius 3 is 2.56 bits per heavy atom. The minimum atomic E-state index is -3.19. The molecule has 1 rings (SSSR count). The van der Waals surface area contributed by atoms with Gasteiger partial charge in [-0.2, -0.15) is 0 Å². The lowest BCUT2D eigenvalue weighted by Gasteiger charge is -2.10. The maximum absolute atomic E-state index is 11.4. The van der Waals surface area contributed by atoms with Crippen molar-refractivity contribution in [1.29, 1.82) is 0 Å². The molecule has 92 valence electrons. The van der Waals surface area contributed by atoms with Crippen LogP contribution in [-0.2, 0) is 16.4 Å². The number of nitrogens with zero attached hydrogens (tertiary/aromatic N) is 3. The summed E-state index contributed by atoms with van der Waals surface area (Å²) in [6.45, 7) is 2.14. The smallest absolute Gasteiger partial charge is 0.315 e. The highest BCUT2D eigenvalue weighted by Crippen LogP contribution is 2.05. The standard InChI is InChI=1S/C8H16N4O3S/c1-4-7-10-11-8(15-7)9-5-6-16(13,14)12(2)3/h4-6H2,1-3H3,(H,9,11). The molecular formula is C8H16N4O3S. The lowest BCUT2D eigenvalue weighted by Crippen LogP contribution is -2.28. The average molecular weight is 248 g/mol. The van der Waals surface area contributed by atoms with E-state index in [2.05, 4.69) is 15.5 Å². The highest BCUT2D eigenvalue weighted by atomic mass is 32.2. The van der Waals surface area contributed by atoms with Gasteiger partial charge in [-0.25, -0.2) is 12.7 Å². The molecule has 0 aliphatic heterocycles. The van der Waals surface area contributed by atoms with Crippen LogP contribution in [0.2, 0.25) is 0 Å². The molecule has 0 aliphatic carbocycles. The van der Waals surface area contributed by atoms with Crippen LogP contribution in [0.5, 0.6) is 0 Å². The van der Waals surface area contributed by atoms with Crippen molar-refractivity contribution in [2.24, 2.45) is 0 Å². The van der Waals surface area contributed by atoms with E-state index >= 15 is 0 Å². The summed E-state index contributed by atoms with van der Waals surface area (Å²) in [5.74, 6) is 0.516. The minimum Gasteiger partial charge on any atom is -0.408 e. The quantitative estimate of drug-likeness (QED) is 0.758. The lowest BCUT2D eigenvalue weighted by atomic mass is 10.5. The zero-order valence-corrected chi connectivity index (χ0v) is 10.4. The molecule has 1 N–H and O–H groups in total. The predicted molar refractivity (Wildman–Crippen MR) is 59.6 cm³/mol. The van der Waals surface area contributed by atoms with Crippen LogP contribution in [-0.4, -0.2) is 49.3 Å². The normalized spacial score (nSPS) is 12.0. The number of anilines is 1. The molecule has 0 unspecified atom stereocenters. The third-order valence-electron chi connectivity index (χ3n) is 1.96.